The molecule has 0 aliphatic carbocycles. The maximum absolute atomic E-state index is 12.4. The summed E-state index contributed by atoms with van der Waals surface area (Å²) in [4.78, 5) is 23.1. The molecule has 7 heteroatoms. The van der Waals surface area contributed by atoms with Crippen molar-refractivity contribution in [2.24, 2.45) is 0 Å². The van der Waals surface area contributed by atoms with Gasteiger partial charge in [-0.3, -0.25) is 4.79 Å². The summed E-state index contributed by atoms with van der Waals surface area (Å²) in [7, 11) is 0. The molecule has 0 aliphatic rings. The van der Waals surface area contributed by atoms with E-state index in [-0.39, 0.29) is 11.5 Å². The molecule has 0 radical (unpaired) electrons. The van der Waals surface area contributed by atoms with E-state index in [1.165, 1.54) is 13.0 Å². The van der Waals surface area contributed by atoms with Crippen molar-refractivity contribution >= 4 is 23.2 Å². The second-order valence-corrected chi connectivity index (χ2v) is 4.79. The minimum Gasteiger partial charge on any atom is -0.308 e. The van der Waals surface area contributed by atoms with E-state index in [0.717, 1.165) is 24.3 Å². The highest BCUT2D eigenvalue weighted by Gasteiger charge is 2.29. The summed E-state index contributed by atoms with van der Waals surface area (Å²) >= 11 is 0. The Morgan fingerprint density at radius 2 is 1.52 bits per heavy atom. The molecule has 120 valence electrons. The fourth-order valence-corrected chi connectivity index (χ4v) is 1.85. The van der Waals surface area contributed by atoms with Crippen LogP contribution >= 0.6 is 0 Å². The lowest BCUT2D eigenvalue weighted by molar-refractivity contribution is -0.137. The maximum atomic E-state index is 12.4. The van der Waals surface area contributed by atoms with Gasteiger partial charge in [0.05, 0.1) is 5.56 Å². The summed E-state index contributed by atoms with van der Waals surface area (Å²) in [5, 5.41) is 4.92. The van der Waals surface area contributed by atoms with Crippen molar-refractivity contribution < 1.29 is 22.8 Å². The van der Waals surface area contributed by atoms with Crippen LogP contribution in [-0.4, -0.2) is 11.8 Å². The number of ketones is 1. The smallest absolute Gasteiger partial charge is 0.308 e. The molecule has 0 fully saturated rings. The zero-order valence-electron chi connectivity index (χ0n) is 12.1. The molecule has 2 N–H and O–H groups in total. The van der Waals surface area contributed by atoms with Crippen LogP contribution in [0.4, 0.5) is 29.3 Å². The third-order valence-electron chi connectivity index (χ3n) is 3.00. The van der Waals surface area contributed by atoms with Crippen LogP contribution in [0.5, 0.6) is 0 Å². The lowest BCUT2D eigenvalue weighted by Gasteiger charge is -2.10. The average molecular weight is 322 g/mol. The number of rotatable bonds is 3. The first-order chi connectivity index (χ1) is 10.8. The molecule has 23 heavy (non-hydrogen) atoms. The summed E-state index contributed by atoms with van der Waals surface area (Å²) in [6.07, 6.45) is -4.42. The monoisotopic (exact) mass is 322 g/mol. The Morgan fingerprint density at radius 1 is 0.913 bits per heavy atom. The van der Waals surface area contributed by atoms with E-state index in [9.17, 15) is 22.8 Å². The molecule has 0 atom stereocenters. The van der Waals surface area contributed by atoms with Gasteiger partial charge in [0, 0.05) is 16.9 Å². The lowest BCUT2D eigenvalue weighted by atomic mass is 10.1. The van der Waals surface area contributed by atoms with Gasteiger partial charge in [-0.1, -0.05) is 12.1 Å². The van der Waals surface area contributed by atoms with Gasteiger partial charge in [-0.05, 0) is 43.3 Å². The summed E-state index contributed by atoms with van der Waals surface area (Å²) in [5.41, 5.74) is 0.273. The van der Waals surface area contributed by atoms with Crippen LogP contribution in [0.2, 0.25) is 0 Å². The number of amides is 2. The number of carbonyl (C=O) groups excluding carboxylic acids is 2. The van der Waals surface area contributed by atoms with E-state index in [1.807, 2.05) is 0 Å². The normalized spacial score (nSPS) is 11.0. The van der Waals surface area contributed by atoms with Gasteiger partial charge in [-0.15, -0.1) is 0 Å². The summed E-state index contributed by atoms with van der Waals surface area (Å²) in [6.45, 7) is 1.40. The van der Waals surface area contributed by atoms with Gasteiger partial charge in [0.1, 0.15) is 0 Å². The molecule has 0 saturated carbocycles. The highest BCUT2D eigenvalue weighted by Crippen LogP contribution is 2.29. The number of anilines is 2. The molecule has 0 unspecified atom stereocenters. The van der Waals surface area contributed by atoms with Crippen LogP contribution in [-0.2, 0) is 6.18 Å². The molecular formula is C16H13F3N2O2. The van der Waals surface area contributed by atoms with Crippen LogP contribution in [0.1, 0.15) is 22.8 Å². The van der Waals surface area contributed by atoms with Gasteiger partial charge < -0.3 is 10.6 Å². The van der Waals surface area contributed by atoms with E-state index in [0.29, 0.717) is 11.3 Å². The van der Waals surface area contributed by atoms with Gasteiger partial charge in [-0.25, -0.2) is 4.79 Å². The fraction of sp³-hybridized carbons (Fsp3) is 0.125. The quantitative estimate of drug-likeness (QED) is 0.814. The number of hydrogen-bond donors (Lipinski definition) is 2. The Kier molecular flexibility index (Phi) is 4.68. The van der Waals surface area contributed by atoms with Crippen molar-refractivity contribution in [2.75, 3.05) is 10.6 Å². The number of nitrogens with one attached hydrogen (secondary N) is 2. The molecule has 0 aliphatic heterocycles. The van der Waals surface area contributed by atoms with Gasteiger partial charge in [0.25, 0.3) is 0 Å². The van der Waals surface area contributed by atoms with Gasteiger partial charge in [0.2, 0.25) is 0 Å². The van der Waals surface area contributed by atoms with Crippen molar-refractivity contribution in [3.63, 3.8) is 0 Å². The third-order valence-corrected chi connectivity index (χ3v) is 3.00. The van der Waals surface area contributed by atoms with Crippen molar-refractivity contribution in [1.29, 1.82) is 0 Å². The largest absolute Gasteiger partial charge is 0.416 e. The molecule has 0 saturated heterocycles. The number of alkyl halides is 3. The van der Waals surface area contributed by atoms with Crippen LogP contribution < -0.4 is 10.6 Å². The zero-order chi connectivity index (χ0) is 17.0. The first kappa shape index (κ1) is 16.5. The Labute approximate surface area is 130 Å². The Bertz CT molecular complexity index is 725. The van der Waals surface area contributed by atoms with E-state index < -0.39 is 17.8 Å². The highest BCUT2D eigenvalue weighted by molar-refractivity contribution is 6.01. The Hall–Kier alpha value is -2.83. The van der Waals surface area contributed by atoms with Crippen molar-refractivity contribution in [3.8, 4) is 0 Å². The second-order valence-electron chi connectivity index (χ2n) is 4.79. The first-order valence-electron chi connectivity index (χ1n) is 6.62. The molecule has 0 aromatic heterocycles. The van der Waals surface area contributed by atoms with Crippen molar-refractivity contribution in [2.45, 2.75) is 13.1 Å². The predicted octanol–water partition coefficient (Wildman–Crippen LogP) is 4.55. The average Bonchev–Trinajstić information content (AvgIpc) is 2.47. The molecule has 2 rings (SSSR count). The number of urea groups is 1. The lowest BCUT2D eigenvalue weighted by Crippen LogP contribution is -2.19. The molecule has 0 spiro atoms. The standard InChI is InChI=1S/C16H13F3N2O2/c1-10(22)11-3-2-4-14(9-11)21-15(23)20-13-7-5-12(6-8-13)16(17,18)19/h2-9H,1H3,(H2,20,21,23). The Morgan fingerprint density at radius 3 is 2.09 bits per heavy atom. The number of benzene rings is 2. The van der Waals surface area contributed by atoms with E-state index >= 15 is 0 Å². The Balaban J connectivity index is 2.02. The van der Waals surface area contributed by atoms with Crippen LogP contribution in [0.25, 0.3) is 0 Å². The van der Waals surface area contributed by atoms with Crippen LogP contribution in [0.15, 0.2) is 48.5 Å². The molecule has 2 aromatic carbocycles. The summed E-state index contributed by atoms with van der Waals surface area (Å²) < 4.78 is 37.3. The molecule has 0 heterocycles. The first-order valence-corrected chi connectivity index (χ1v) is 6.62. The molecular weight excluding hydrogens is 309 g/mol. The zero-order valence-corrected chi connectivity index (χ0v) is 12.1. The fourth-order valence-electron chi connectivity index (χ4n) is 1.85. The minimum atomic E-state index is -4.42. The van der Waals surface area contributed by atoms with Crippen molar-refractivity contribution in [1.82, 2.24) is 0 Å². The number of halogens is 3. The van der Waals surface area contributed by atoms with Gasteiger partial charge in [-0.2, -0.15) is 13.2 Å². The number of hydrogen-bond acceptors (Lipinski definition) is 2. The molecule has 0 bridgehead atoms. The molecule has 2 amide bonds. The third kappa shape index (κ3) is 4.57. The van der Waals surface area contributed by atoms with Crippen LogP contribution in [0, 0.1) is 0 Å². The van der Waals surface area contributed by atoms with E-state index in [1.54, 1.807) is 18.2 Å². The maximum Gasteiger partial charge on any atom is 0.416 e. The van der Waals surface area contributed by atoms with E-state index in [4.69, 9.17) is 0 Å². The topological polar surface area (TPSA) is 58.2 Å². The van der Waals surface area contributed by atoms with Gasteiger partial charge >= 0.3 is 12.2 Å². The molecule has 2 aromatic rings. The number of Topliss-reactive ketones (excluding diaryl/α,β-unsaturated/α-hetero) is 1. The van der Waals surface area contributed by atoms with Crippen molar-refractivity contribution in [3.05, 3.63) is 59.7 Å². The highest BCUT2D eigenvalue weighted by atomic mass is 19.4. The summed E-state index contributed by atoms with van der Waals surface area (Å²) in [5.74, 6) is -0.142. The SMILES string of the molecule is CC(=O)c1cccc(NC(=O)Nc2ccc(C(F)(F)F)cc2)c1. The van der Waals surface area contributed by atoms with Gasteiger partial charge in [0.15, 0.2) is 5.78 Å². The van der Waals surface area contributed by atoms with E-state index in [2.05, 4.69) is 10.6 Å². The number of carbonyl (C=O) groups is 2. The minimum absolute atomic E-state index is 0.142. The second kappa shape index (κ2) is 6.51. The predicted molar refractivity (Wildman–Crippen MR) is 80.5 cm³/mol. The summed E-state index contributed by atoms with van der Waals surface area (Å²) in [6, 6.07) is 9.80. The molecule has 4 nitrogen and oxygen atoms in total. The van der Waals surface area contributed by atoms with Crippen LogP contribution in [0.3, 0.4) is 0 Å².